The summed E-state index contributed by atoms with van der Waals surface area (Å²) in [4.78, 5) is 4.17. The lowest BCUT2D eigenvalue weighted by atomic mass is 10.1. The smallest absolute Gasteiger partial charge is 0.243 e. The number of aliphatic hydroxyl groups excluding tert-OH is 1. The van der Waals surface area contributed by atoms with Gasteiger partial charge in [0.1, 0.15) is 5.82 Å². The monoisotopic (exact) mass is 252 g/mol. The molecule has 0 amide bonds. The fraction of sp³-hybridized carbons (Fsp3) is 0.500. The van der Waals surface area contributed by atoms with E-state index < -0.39 is 6.10 Å². The Balaban J connectivity index is 1.99. The summed E-state index contributed by atoms with van der Waals surface area (Å²) in [5.74, 6) is 0.465. The molecule has 0 radical (unpaired) electrons. The van der Waals surface area contributed by atoms with Crippen molar-refractivity contribution >= 4 is 11.6 Å². The van der Waals surface area contributed by atoms with E-state index in [-0.39, 0.29) is 5.82 Å². The largest absolute Gasteiger partial charge is 0.391 e. The highest BCUT2D eigenvalue weighted by Gasteiger charge is 2.09. The van der Waals surface area contributed by atoms with Gasteiger partial charge in [-0.2, -0.15) is 4.98 Å². The molecule has 0 fully saturated rings. The first-order valence-electron chi connectivity index (χ1n) is 5.98. The van der Waals surface area contributed by atoms with Crippen molar-refractivity contribution in [1.82, 2.24) is 14.6 Å². The van der Waals surface area contributed by atoms with Crippen molar-refractivity contribution in [3.63, 3.8) is 0 Å². The Kier molecular flexibility index (Phi) is 3.76. The number of fused-ring (bicyclic) bond motifs is 1. The first-order valence-corrected chi connectivity index (χ1v) is 5.98. The molecule has 2 N–H and O–H groups in total. The van der Waals surface area contributed by atoms with Gasteiger partial charge in [0.25, 0.3) is 0 Å². The molecule has 0 aromatic carbocycles. The van der Waals surface area contributed by atoms with Gasteiger partial charge in [-0.1, -0.05) is 13.8 Å². The van der Waals surface area contributed by atoms with E-state index in [0.717, 1.165) is 6.42 Å². The zero-order valence-electron chi connectivity index (χ0n) is 10.5. The maximum Gasteiger partial charge on any atom is 0.243 e. The average molecular weight is 252 g/mol. The molecule has 1 unspecified atom stereocenters. The molecule has 0 bridgehead atoms. The van der Waals surface area contributed by atoms with Crippen LogP contribution in [-0.2, 0) is 0 Å². The minimum Gasteiger partial charge on any atom is -0.391 e. The number of hydrogen-bond acceptors (Lipinski definition) is 4. The Morgan fingerprint density at radius 2 is 2.22 bits per heavy atom. The van der Waals surface area contributed by atoms with Gasteiger partial charge in [0.15, 0.2) is 5.65 Å². The summed E-state index contributed by atoms with van der Waals surface area (Å²) in [6, 6.07) is 2.89. The van der Waals surface area contributed by atoms with E-state index in [1.54, 1.807) is 6.07 Å². The maximum atomic E-state index is 13.0. The van der Waals surface area contributed by atoms with Gasteiger partial charge in [-0.3, -0.25) is 0 Å². The molecule has 2 heterocycles. The number of aliphatic hydroxyl groups is 1. The Labute approximate surface area is 105 Å². The zero-order chi connectivity index (χ0) is 13.1. The molecule has 2 aromatic heterocycles. The molecule has 0 aliphatic heterocycles. The summed E-state index contributed by atoms with van der Waals surface area (Å²) in [6.07, 6.45) is 1.54. The molecule has 6 heteroatoms. The zero-order valence-corrected chi connectivity index (χ0v) is 10.5. The number of pyridine rings is 1. The second-order valence-corrected chi connectivity index (χ2v) is 4.75. The molecule has 0 aliphatic rings. The van der Waals surface area contributed by atoms with Gasteiger partial charge < -0.3 is 10.4 Å². The van der Waals surface area contributed by atoms with E-state index in [4.69, 9.17) is 0 Å². The van der Waals surface area contributed by atoms with Crippen LogP contribution in [0, 0.1) is 11.7 Å². The molecular formula is C12H17FN4O. The second-order valence-electron chi connectivity index (χ2n) is 4.75. The van der Waals surface area contributed by atoms with Crippen molar-refractivity contribution in [2.75, 3.05) is 11.9 Å². The van der Waals surface area contributed by atoms with Crippen molar-refractivity contribution < 1.29 is 9.50 Å². The van der Waals surface area contributed by atoms with E-state index in [9.17, 15) is 9.50 Å². The number of halogens is 1. The van der Waals surface area contributed by atoms with Gasteiger partial charge in [-0.25, -0.2) is 8.91 Å². The number of nitrogens with one attached hydrogen (secondary N) is 1. The normalized spacial score (nSPS) is 13.2. The Hall–Kier alpha value is -1.69. The van der Waals surface area contributed by atoms with Gasteiger partial charge in [-0.15, -0.1) is 5.10 Å². The minimum absolute atomic E-state index is 0.362. The summed E-state index contributed by atoms with van der Waals surface area (Å²) in [6.45, 7) is 4.49. The summed E-state index contributed by atoms with van der Waals surface area (Å²) < 4.78 is 14.3. The lowest BCUT2D eigenvalue weighted by Gasteiger charge is -2.12. The molecular weight excluding hydrogens is 235 g/mol. The summed E-state index contributed by atoms with van der Waals surface area (Å²) in [5, 5.41) is 16.7. The number of aromatic nitrogens is 3. The Bertz CT molecular complexity index is 526. The van der Waals surface area contributed by atoms with Crippen LogP contribution in [0.3, 0.4) is 0 Å². The first-order chi connectivity index (χ1) is 8.54. The SMILES string of the molecule is CC(C)CC(O)CNc1nc2ccc(F)cn2n1. The van der Waals surface area contributed by atoms with Gasteiger partial charge in [0.05, 0.1) is 12.3 Å². The van der Waals surface area contributed by atoms with Gasteiger partial charge in [0.2, 0.25) is 5.95 Å². The molecule has 0 aliphatic carbocycles. The molecule has 1 atom stereocenters. The molecule has 2 rings (SSSR count). The maximum absolute atomic E-state index is 13.0. The number of nitrogens with zero attached hydrogens (tertiary/aromatic N) is 3. The summed E-state index contributed by atoms with van der Waals surface area (Å²) >= 11 is 0. The van der Waals surface area contributed by atoms with Gasteiger partial charge in [0, 0.05) is 6.54 Å². The van der Waals surface area contributed by atoms with Crippen LogP contribution in [0.5, 0.6) is 0 Å². The lowest BCUT2D eigenvalue weighted by molar-refractivity contribution is 0.161. The number of anilines is 1. The van der Waals surface area contributed by atoms with Crippen LogP contribution < -0.4 is 5.32 Å². The van der Waals surface area contributed by atoms with Crippen LogP contribution in [-0.4, -0.2) is 32.4 Å². The minimum atomic E-state index is -0.437. The standard InChI is InChI=1S/C12H17FN4O/c1-8(2)5-10(18)6-14-12-15-11-4-3-9(13)7-17(11)16-12/h3-4,7-8,10,18H,5-6H2,1-2H3,(H,14,16). The Morgan fingerprint density at radius 3 is 2.94 bits per heavy atom. The second kappa shape index (κ2) is 5.30. The van der Waals surface area contributed by atoms with E-state index in [1.165, 1.54) is 16.8 Å². The van der Waals surface area contributed by atoms with E-state index in [0.29, 0.717) is 24.1 Å². The quantitative estimate of drug-likeness (QED) is 0.850. The van der Waals surface area contributed by atoms with Crippen LogP contribution in [0.25, 0.3) is 5.65 Å². The topological polar surface area (TPSA) is 62.5 Å². The lowest BCUT2D eigenvalue weighted by Crippen LogP contribution is -2.21. The molecule has 18 heavy (non-hydrogen) atoms. The Morgan fingerprint density at radius 1 is 1.44 bits per heavy atom. The van der Waals surface area contributed by atoms with Crippen LogP contribution in [0.1, 0.15) is 20.3 Å². The van der Waals surface area contributed by atoms with Crippen molar-refractivity contribution in [3.05, 3.63) is 24.1 Å². The van der Waals surface area contributed by atoms with Crippen LogP contribution >= 0.6 is 0 Å². The van der Waals surface area contributed by atoms with Crippen molar-refractivity contribution in [2.45, 2.75) is 26.4 Å². The van der Waals surface area contributed by atoms with E-state index in [2.05, 4.69) is 29.2 Å². The third-order valence-electron chi connectivity index (χ3n) is 2.53. The van der Waals surface area contributed by atoms with E-state index >= 15 is 0 Å². The van der Waals surface area contributed by atoms with Gasteiger partial charge >= 0.3 is 0 Å². The first kappa shape index (κ1) is 12.8. The predicted molar refractivity (Wildman–Crippen MR) is 66.9 cm³/mol. The highest BCUT2D eigenvalue weighted by molar-refractivity contribution is 5.43. The summed E-state index contributed by atoms with van der Waals surface area (Å²) in [5.41, 5.74) is 0.567. The molecule has 0 saturated carbocycles. The predicted octanol–water partition coefficient (Wildman–Crippen LogP) is 1.69. The number of hydrogen-bond donors (Lipinski definition) is 2. The van der Waals surface area contributed by atoms with Gasteiger partial charge in [-0.05, 0) is 24.5 Å². The van der Waals surface area contributed by atoms with Crippen molar-refractivity contribution in [2.24, 2.45) is 5.92 Å². The molecule has 0 spiro atoms. The summed E-state index contributed by atoms with van der Waals surface area (Å²) in [7, 11) is 0. The highest BCUT2D eigenvalue weighted by Crippen LogP contribution is 2.08. The molecule has 98 valence electrons. The molecule has 0 saturated heterocycles. The fourth-order valence-electron chi connectivity index (χ4n) is 1.77. The third kappa shape index (κ3) is 3.16. The molecule has 5 nitrogen and oxygen atoms in total. The van der Waals surface area contributed by atoms with Crippen molar-refractivity contribution in [3.8, 4) is 0 Å². The highest BCUT2D eigenvalue weighted by atomic mass is 19.1. The fourth-order valence-corrected chi connectivity index (χ4v) is 1.77. The van der Waals surface area contributed by atoms with Crippen LogP contribution in [0.2, 0.25) is 0 Å². The van der Waals surface area contributed by atoms with Crippen LogP contribution in [0.4, 0.5) is 10.3 Å². The third-order valence-corrected chi connectivity index (χ3v) is 2.53. The van der Waals surface area contributed by atoms with Crippen LogP contribution in [0.15, 0.2) is 18.3 Å². The molecule has 2 aromatic rings. The van der Waals surface area contributed by atoms with E-state index in [1.807, 2.05) is 0 Å². The number of rotatable bonds is 5. The van der Waals surface area contributed by atoms with Crippen molar-refractivity contribution in [1.29, 1.82) is 0 Å². The average Bonchev–Trinajstić information content (AvgIpc) is 2.67.